The van der Waals surface area contributed by atoms with Crippen LogP contribution in [0.2, 0.25) is 0 Å². The van der Waals surface area contributed by atoms with Gasteiger partial charge in [-0.15, -0.1) is 0 Å². The van der Waals surface area contributed by atoms with Gasteiger partial charge < -0.3 is 15.0 Å². The summed E-state index contributed by atoms with van der Waals surface area (Å²) in [6, 6.07) is 11.0. The van der Waals surface area contributed by atoms with E-state index < -0.39 is 10.8 Å². The van der Waals surface area contributed by atoms with Crippen LogP contribution in [0.25, 0.3) is 0 Å². The lowest BCUT2D eigenvalue weighted by molar-refractivity contribution is -0.383. The predicted molar refractivity (Wildman–Crippen MR) is 110 cm³/mol. The highest BCUT2D eigenvalue weighted by atomic mass is 16.6. The van der Waals surface area contributed by atoms with Crippen molar-refractivity contribution in [3.05, 3.63) is 63.7 Å². The van der Waals surface area contributed by atoms with Crippen molar-refractivity contribution in [1.82, 2.24) is 4.90 Å². The SMILES string of the molecule is CCOc1ccc(CC(=O)Nc2cc(C(=O)N(CC)CC)ccc2[N+](=O)[O-])cc1. The molecule has 2 aromatic rings. The predicted octanol–water partition coefficient (Wildman–Crippen LogP) is 3.66. The summed E-state index contributed by atoms with van der Waals surface area (Å²) in [5, 5.41) is 13.9. The van der Waals surface area contributed by atoms with Crippen LogP contribution in [0.15, 0.2) is 42.5 Å². The molecule has 154 valence electrons. The van der Waals surface area contributed by atoms with Crippen molar-refractivity contribution in [3.8, 4) is 5.75 Å². The van der Waals surface area contributed by atoms with Gasteiger partial charge in [0.15, 0.2) is 0 Å². The van der Waals surface area contributed by atoms with E-state index in [0.717, 1.165) is 5.56 Å². The van der Waals surface area contributed by atoms with E-state index in [1.165, 1.54) is 18.2 Å². The van der Waals surface area contributed by atoms with Gasteiger partial charge >= 0.3 is 0 Å². The Morgan fingerprint density at radius 1 is 1.07 bits per heavy atom. The van der Waals surface area contributed by atoms with Crippen molar-refractivity contribution < 1.29 is 19.2 Å². The lowest BCUT2D eigenvalue weighted by Crippen LogP contribution is -2.30. The van der Waals surface area contributed by atoms with Crippen molar-refractivity contribution in [1.29, 1.82) is 0 Å². The number of anilines is 1. The van der Waals surface area contributed by atoms with Crippen molar-refractivity contribution in [3.63, 3.8) is 0 Å². The highest BCUT2D eigenvalue weighted by Gasteiger charge is 2.20. The first-order valence-electron chi connectivity index (χ1n) is 9.48. The Labute approximate surface area is 169 Å². The third kappa shape index (κ3) is 5.78. The highest BCUT2D eigenvalue weighted by molar-refractivity contribution is 5.99. The number of ether oxygens (including phenoxy) is 1. The van der Waals surface area contributed by atoms with Crippen LogP contribution in [0.1, 0.15) is 36.7 Å². The van der Waals surface area contributed by atoms with E-state index in [-0.39, 0.29) is 29.3 Å². The summed E-state index contributed by atoms with van der Waals surface area (Å²) >= 11 is 0. The number of hydrogen-bond acceptors (Lipinski definition) is 5. The molecule has 0 bridgehead atoms. The molecule has 0 spiro atoms. The molecule has 0 unspecified atom stereocenters. The lowest BCUT2D eigenvalue weighted by Gasteiger charge is -2.19. The van der Waals surface area contributed by atoms with E-state index in [4.69, 9.17) is 4.74 Å². The normalized spacial score (nSPS) is 10.3. The second kappa shape index (κ2) is 10.2. The number of benzene rings is 2. The van der Waals surface area contributed by atoms with Gasteiger partial charge in [0.2, 0.25) is 5.91 Å². The zero-order valence-corrected chi connectivity index (χ0v) is 16.8. The molecule has 0 radical (unpaired) electrons. The van der Waals surface area contributed by atoms with Gasteiger partial charge in [0.25, 0.3) is 11.6 Å². The van der Waals surface area contributed by atoms with Crippen LogP contribution in [0.4, 0.5) is 11.4 Å². The minimum absolute atomic E-state index is 0.00365. The van der Waals surface area contributed by atoms with Crippen molar-refractivity contribution in [2.24, 2.45) is 0 Å². The van der Waals surface area contributed by atoms with Crippen LogP contribution in [-0.4, -0.2) is 41.3 Å². The Bertz CT molecular complexity index is 876. The first-order valence-corrected chi connectivity index (χ1v) is 9.48. The third-order valence-electron chi connectivity index (χ3n) is 4.36. The van der Waals surface area contributed by atoms with Crippen molar-refractivity contribution >= 4 is 23.2 Å². The minimum atomic E-state index is -0.585. The molecular formula is C21H25N3O5. The summed E-state index contributed by atoms with van der Waals surface area (Å²) in [6.45, 7) is 7.18. The second-order valence-electron chi connectivity index (χ2n) is 6.27. The van der Waals surface area contributed by atoms with Crippen LogP contribution in [0, 0.1) is 10.1 Å². The van der Waals surface area contributed by atoms with Crippen molar-refractivity contribution in [2.75, 3.05) is 25.0 Å². The topological polar surface area (TPSA) is 102 Å². The Morgan fingerprint density at radius 2 is 1.72 bits per heavy atom. The van der Waals surface area contributed by atoms with Crippen LogP contribution in [0.5, 0.6) is 5.75 Å². The summed E-state index contributed by atoms with van der Waals surface area (Å²) in [5.41, 5.74) is 0.768. The zero-order chi connectivity index (χ0) is 21.4. The lowest BCUT2D eigenvalue weighted by atomic mass is 10.1. The van der Waals surface area contributed by atoms with Gasteiger partial charge in [0.1, 0.15) is 11.4 Å². The van der Waals surface area contributed by atoms with Gasteiger partial charge in [-0.2, -0.15) is 0 Å². The molecule has 2 aromatic carbocycles. The second-order valence-corrected chi connectivity index (χ2v) is 6.27. The molecule has 0 aliphatic rings. The van der Waals surface area contributed by atoms with E-state index in [1.807, 2.05) is 20.8 Å². The number of hydrogen-bond donors (Lipinski definition) is 1. The molecule has 8 nitrogen and oxygen atoms in total. The molecule has 0 saturated heterocycles. The number of amides is 2. The summed E-state index contributed by atoms with van der Waals surface area (Å²) < 4.78 is 5.37. The molecule has 0 saturated carbocycles. The van der Waals surface area contributed by atoms with Crippen LogP contribution in [-0.2, 0) is 11.2 Å². The average Bonchev–Trinajstić information content (AvgIpc) is 2.70. The molecule has 0 fully saturated rings. The fourth-order valence-corrected chi connectivity index (χ4v) is 2.87. The Balaban J connectivity index is 2.20. The average molecular weight is 399 g/mol. The Kier molecular flexibility index (Phi) is 7.70. The Hall–Kier alpha value is -3.42. The number of nitro groups is 1. The van der Waals surface area contributed by atoms with Gasteiger partial charge in [-0.1, -0.05) is 12.1 Å². The number of carbonyl (C=O) groups excluding carboxylic acids is 2. The first-order chi connectivity index (χ1) is 13.9. The fourth-order valence-electron chi connectivity index (χ4n) is 2.87. The smallest absolute Gasteiger partial charge is 0.292 e. The molecular weight excluding hydrogens is 374 g/mol. The summed E-state index contributed by atoms with van der Waals surface area (Å²) in [4.78, 5) is 37.3. The standard InChI is InChI=1S/C21H25N3O5/c1-4-23(5-2)21(26)16-9-12-19(24(27)28)18(14-16)22-20(25)13-15-7-10-17(11-8-15)29-6-3/h7-12,14H,4-6,13H2,1-3H3,(H,22,25). The van der Waals surface area contributed by atoms with Gasteiger partial charge in [-0.25, -0.2) is 0 Å². The molecule has 0 heterocycles. The van der Waals surface area contributed by atoms with E-state index in [9.17, 15) is 19.7 Å². The molecule has 0 atom stereocenters. The monoisotopic (exact) mass is 399 g/mol. The highest BCUT2D eigenvalue weighted by Crippen LogP contribution is 2.26. The van der Waals surface area contributed by atoms with Gasteiger partial charge in [-0.3, -0.25) is 19.7 Å². The van der Waals surface area contributed by atoms with Crippen LogP contribution in [0.3, 0.4) is 0 Å². The minimum Gasteiger partial charge on any atom is -0.494 e. The summed E-state index contributed by atoms with van der Waals surface area (Å²) in [6.07, 6.45) is 0.0395. The van der Waals surface area contributed by atoms with E-state index >= 15 is 0 Å². The van der Waals surface area contributed by atoms with E-state index in [2.05, 4.69) is 5.32 Å². The maximum Gasteiger partial charge on any atom is 0.292 e. The zero-order valence-electron chi connectivity index (χ0n) is 16.8. The summed E-state index contributed by atoms with van der Waals surface area (Å²) in [5.74, 6) is 0.0477. The van der Waals surface area contributed by atoms with Gasteiger partial charge in [0.05, 0.1) is 18.0 Å². The number of nitro benzene ring substituents is 1. The maximum atomic E-state index is 12.5. The molecule has 2 rings (SSSR count). The molecule has 2 amide bonds. The van der Waals surface area contributed by atoms with Crippen molar-refractivity contribution in [2.45, 2.75) is 27.2 Å². The van der Waals surface area contributed by atoms with E-state index in [1.54, 1.807) is 29.2 Å². The fraction of sp³-hybridized carbons (Fsp3) is 0.333. The quantitative estimate of drug-likeness (QED) is 0.512. The molecule has 1 N–H and O–H groups in total. The van der Waals surface area contributed by atoms with E-state index in [0.29, 0.717) is 25.4 Å². The van der Waals surface area contributed by atoms with Gasteiger partial charge in [0, 0.05) is 24.7 Å². The third-order valence-corrected chi connectivity index (χ3v) is 4.36. The molecule has 29 heavy (non-hydrogen) atoms. The first kappa shape index (κ1) is 21.9. The number of nitrogens with one attached hydrogen (secondary N) is 1. The Morgan fingerprint density at radius 3 is 2.28 bits per heavy atom. The molecule has 0 aliphatic carbocycles. The number of carbonyl (C=O) groups is 2. The molecule has 8 heteroatoms. The number of nitrogens with zero attached hydrogens (tertiary/aromatic N) is 2. The molecule has 0 aliphatic heterocycles. The largest absolute Gasteiger partial charge is 0.494 e. The van der Waals surface area contributed by atoms with Crippen LogP contribution >= 0.6 is 0 Å². The molecule has 0 aromatic heterocycles. The number of rotatable bonds is 9. The van der Waals surface area contributed by atoms with Gasteiger partial charge in [-0.05, 0) is 50.6 Å². The maximum absolute atomic E-state index is 12.5. The summed E-state index contributed by atoms with van der Waals surface area (Å²) in [7, 11) is 0. The van der Waals surface area contributed by atoms with Crippen LogP contribution < -0.4 is 10.1 Å².